The predicted octanol–water partition coefficient (Wildman–Crippen LogP) is 2.38. The highest BCUT2D eigenvalue weighted by Gasteiger charge is 2.37. The summed E-state index contributed by atoms with van der Waals surface area (Å²) < 4.78 is 6.04. The summed E-state index contributed by atoms with van der Waals surface area (Å²) in [6, 6.07) is 0. The Morgan fingerprint density at radius 1 is 1.50 bits per heavy atom. The molecule has 1 atom stereocenters. The van der Waals surface area contributed by atoms with Gasteiger partial charge in [-0.25, -0.2) is 0 Å². The van der Waals surface area contributed by atoms with E-state index in [0.717, 1.165) is 5.71 Å². The Balaban J connectivity index is 2.50. The fourth-order valence-corrected chi connectivity index (χ4v) is 2.05. The standard InChI is InChI=1S/C12H23NO2Si/c1-12(2,3)16(4,5)15-9-10-6-7-11(14)8-13-10/h6-7,11,14H,8-9H2,1-5H3. The summed E-state index contributed by atoms with van der Waals surface area (Å²) in [7, 11) is -1.68. The lowest BCUT2D eigenvalue weighted by Gasteiger charge is -2.36. The lowest BCUT2D eigenvalue weighted by Crippen LogP contribution is -2.42. The average Bonchev–Trinajstić information content (AvgIpc) is 2.15. The van der Waals surface area contributed by atoms with Crippen molar-refractivity contribution in [3.8, 4) is 0 Å². The summed E-state index contributed by atoms with van der Waals surface area (Å²) in [6.07, 6.45) is 3.22. The van der Waals surface area contributed by atoms with Crippen molar-refractivity contribution < 1.29 is 9.53 Å². The zero-order chi connectivity index (χ0) is 12.4. The van der Waals surface area contributed by atoms with Crippen LogP contribution in [-0.2, 0) is 4.43 Å². The highest BCUT2D eigenvalue weighted by Crippen LogP contribution is 2.36. The maximum atomic E-state index is 9.26. The fourth-order valence-electron chi connectivity index (χ4n) is 1.11. The SMILES string of the molecule is CC(C)(C)[Si](C)(C)OCC1=NCC(O)C=C1. The second-order valence-corrected chi connectivity index (χ2v) is 10.6. The van der Waals surface area contributed by atoms with Crippen molar-refractivity contribution in [3.05, 3.63) is 12.2 Å². The summed E-state index contributed by atoms with van der Waals surface area (Å²) >= 11 is 0. The molecule has 0 bridgehead atoms. The Hall–Kier alpha value is -0.453. The highest BCUT2D eigenvalue weighted by molar-refractivity contribution is 6.74. The molecule has 1 aliphatic rings. The van der Waals surface area contributed by atoms with Gasteiger partial charge in [0.15, 0.2) is 8.32 Å². The molecule has 1 unspecified atom stereocenters. The van der Waals surface area contributed by atoms with Gasteiger partial charge >= 0.3 is 0 Å². The average molecular weight is 241 g/mol. The molecule has 0 fully saturated rings. The van der Waals surface area contributed by atoms with Crippen LogP contribution in [0.15, 0.2) is 17.1 Å². The Morgan fingerprint density at radius 3 is 2.56 bits per heavy atom. The first-order valence-corrected chi connectivity index (χ1v) is 8.67. The van der Waals surface area contributed by atoms with E-state index in [1.807, 2.05) is 6.08 Å². The minimum atomic E-state index is -1.68. The number of dihydropyridines is 1. The van der Waals surface area contributed by atoms with Gasteiger partial charge in [-0.15, -0.1) is 0 Å². The molecule has 1 rings (SSSR count). The van der Waals surface area contributed by atoms with E-state index >= 15 is 0 Å². The summed E-state index contributed by atoms with van der Waals surface area (Å²) in [6.45, 7) is 12.2. The van der Waals surface area contributed by atoms with Crippen molar-refractivity contribution in [1.29, 1.82) is 0 Å². The smallest absolute Gasteiger partial charge is 0.192 e. The van der Waals surface area contributed by atoms with Gasteiger partial charge in [0, 0.05) is 0 Å². The molecule has 1 aliphatic heterocycles. The van der Waals surface area contributed by atoms with Crippen LogP contribution in [0.5, 0.6) is 0 Å². The topological polar surface area (TPSA) is 41.8 Å². The molecule has 0 saturated heterocycles. The van der Waals surface area contributed by atoms with Crippen LogP contribution < -0.4 is 0 Å². The molecule has 0 amide bonds. The van der Waals surface area contributed by atoms with E-state index in [2.05, 4.69) is 38.9 Å². The van der Waals surface area contributed by atoms with Crippen molar-refractivity contribution in [2.24, 2.45) is 4.99 Å². The van der Waals surface area contributed by atoms with Gasteiger partial charge in [-0.2, -0.15) is 0 Å². The third-order valence-electron chi connectivity index (χ3n) is 3.38. The van der Waals surface area contributed by atoms with Crippen LogP contribution in [0.4, 0.5) is 0 Å². The largest absolute Gasteiger partial charge is 0.411 e. The van der Waals surface area contributed by atoms with E-state index in [1.54, 1.807) is 6.08 Å². The maximum Gasteiger partial charge on any atom is 0.192 e. The predicted molar refractivity (Wildman–Crippen MR) is 70.6 cm³/mol. The van der Waals surface area contributed by atoms with E-state index in [-0.39, 0.29) is 5.04 Å². The van der Waals surface area contributed by atoms with Crippen LogP contribution in [0.2, 0.25) is 18.1 Å². The Kier molecular flexibility index (Phi) is 4.10. The van der Waals surface area contributed by atoms with Crippen LogP contribution in [0, 0.1) is 0 Å². The third kappa shape index (κ3) is 3.54. The zero-order valence-corrected chi connectivity index (χ0v) is 11.9. The highest BCUT2D eigenvalue weighted by atomic mass is 28.4. The molecule has 1 N–H and O–H groups in total. The van der Waals surface area contributed by atoms with Gasteiger partial charge in [0.1, 0.15) is 0 Å². The Morgan fingerprint density at radius 2 is 2.12 bits per heavy atom. The summed E-state index contributed by atoms with van der Waals surface area (Å²) in [5, 5.41) is 9.49. The molecule has 0 aromatic rings. The van der Waals surface area contributed by atoms with Crippen LogP contribution in [0.3, 0.4) is 0 Å². The lowest BCUT2D eigenvalue weighted by molar-refractivity contribution is 0.230. The van der Waals surface area contributed by atoms with Gasteiger partial charge in [0.05, 0.1) is 25.0 Å². The van der Waals surface area contributed by atoms with Gasteiger partial charge in [-0.05, 0) is 24.2 Å². The number of hydrogen-bond acceptors (Lipinski definition) is 3. The van der Waals surface area contributed by atoms with Crippen molar-refractivity contribution in [3.63, 3.8) is 0 Å². The molecule has 0 saturated carbocycles. The van der Waals surface area contributed by atoms with Crippen LogP contribution >= 0.6 is 0 Å². The lowest BCUT2D eigenvalue weighted by atomic mass is 10.2. The molecular weight excluding hydrogens is 218 g/mol. The molecule has 0 aromatic carbocycles. The van der Waals surface area contributed by atoms with E-state index < -0.39 is 14.4 Å². The van der Waals surface area contributed by atoms with Crippen LogP contribution in [0.1, 0.15) is 20.8 Å². The summed E-state index contributed by atoms with van der Waals surface area (Å²) in [5.41, 5.74) is 0.940. The molecule has 0 aliphatic carbocycles. The van der Waals surface area contributed by atoms with Crippen LogP contribution in [0.25, 0.3) is 0 Å². The zero-order valence-electron chi connectivity index (χ0n) is 10.9. The first-order chi connectivity index (χ1) is 7.22. The molecule has 0 spiro atoms. The van der Waals surface area contributed by atoms with Gasteiger partial charge in [0.2, 0.25) is 0 Å². The van der Waals surface area contributed by atoms with Crippen molar-refractivity contribution in [2.45, 2.75) is 45.0 Å². The molecule has 16 heavy (non-hydrogen) atoms. The van der Waals surface area contributed by atoms with Crippen molar-refractivity contribution in [2.75, 3.05) is 13.2 Å². The molecule has 0 aromatic heterocycles. The van der Waals surface area contributed by atoms with Crippen molar-refractivity contribution >= 4 is 14.0 Å². The number of aliphatic hydroxyl groups excluding tert-OH is 1. The van der Waals surface area contributed by atoms with Gasteiger partial charge in [-0.3, -0.25) is 4.99 Å². The number of aliphatic hydroxyl groups is 1. The summed E-state index contributed by atoms with van der Waals surface area (Å²) in [5.74, 6) is 0. The molecule has 4 heteroatoms. The monoisotopic (exact) mass is 241 g/mol. The minimum Gasteiger partial charge on any atom is -0.411 e. The van der Waals surface area contributed by atoms with Gasteiger partial charge < -0.3 is 9.53 Å². The second-order valence-electron chi connectivity index (χ2n) is 5.81. The summed E-state index contributed by atoms with van der Waals surface area (Å²) in [4.78, 5) is 4.27. The van der Waals surface area contributed by atoms with Gasteiger partial charge in [-0.1, -0.05) is 26.8 Å². The quantitative estimate of drug-likeness (QED) is 0.771. The fraction of sp³-hybridized carbons (Fsp3) is 0.750. The first-order valence-electron chi connectivity index (χ1n) is 5.76. The molecule has 0 radical (unpaired) electrons. The molecule has 92 valence electrons. The number of hydrogen-bond donors (Lipinski definition) is 1. The van der Waals surface area contributed by atoms with Crippen molar-refractivity contribution in [1.82, 2.24) is 0 Å². The van der Waals surface area contributed by atoms with E-state index in [0.29, 0.717) is 13.2 Å². The second kappa shape index (κ2) is 4.81. The maximum absolute atomic E-state index is 9.26. The van der Waals surface area contributed by atoms with Gasteiger partial charge in [0.25, 0.3) is 0 Å². The molecule has 3 nitrogen and oxygen atoms in total. The number of rotatable bonds is 3. The minimum absolute atomic E-state index is 0.228. The Labute approximate surface area is 99.4 Å². The van der Waals surface area contributed by atoms with Crippen LogP contribution in [-0.4, -0.2) is 38.4 Å². The van der Waals surface area contributed by atoms with E-state index in [9.17, 15) is 5.11 Å². The molecular formula is C12H23NO2Si. The normalized spacial score (nSPS) is 22.1. The first kappa shape index (κ1) is 13.6. The number of aliphatic imine (C=N–C) groups is 1. The van der Waals surface area contributed by atoms with E-state index in [4.69, 9.17) is 4.43 Å². The van der Waals surface area contributed by atoms with E-state index in [1.165, 1.54) is 0 Å². The Bertz CT molecular complexity index is 303. The number of nitrogens with zero attached hydrogens (tertiary/aromatic N) is 1. The third-order valence-corrected chi connectivity index (χ3v) is 7.86. The molecule has 1 heterocycles.